The Hall–Kier alpha value is -0.433. The molecule has 0 fully saturated rings. The first kappa shape index (κ1) is 12.6. The van der Waals surface area contributed by atoms with E-state index in [4.69, 9.17) is 18.4 Å². The Bertz CT molecular complexity index is 160. The van der Waals surface area contributed by atoms with Gasteiger partial charge in [-0.3, -0.25) is 4.79 Å². The van der Waals surface area contributed by atoms with Gasteiger partial charge in [0, 0.05) is 26.9 Å². The van der Waals surface area contributed by atoms with Crippen LogP contribution in [0.4, 0.5) is 0 Å². The molecule has 1 N–H and O–H groups in total. The molecule has 1 unspecified atom stereocenters. The van der Waals surface area contributed by atoms with Crippen molar-refractivity contribution < 1.29 is 23.2 Å². The SMILES string of the molecule is CO[Si](OC)(OC)C(C)CC(=O)O. The molecule has 0 aliphatic heterocycles. The zero-order valence-electron chi connectivity index (χ0n) is 8.36. The molecule has 0 aromatic heterocycles. The summed E-state index contributed by atoms with van der Waals surface area (Å²) < 4.78 is 15.4. The summed E-state index contributed by atoms with van der Waals surface area (Å²) in [5.74, 6) is -0.879. The van der Waals surface area contributed by atoms with Crippen molar-refractivity contribution in [1.29, 1.82) is 0 Å². The van der Waals surface area contributed by atoms with Gasteiger partial charge < -0.3 is 18.4 Å². The second-order valence-corrected chi connectivity index (χ2v) is 6.13. The van der Waals surface area contributed by atoms with E-state index in [1.165, 1.54) is 21.3 Å². The van der Waals surface area contributed by atoms with Crippen LogP contribution in [0.2, 0.25) is 5.54 Å². The van der Waals surface area contributed by atoms with Gasteiger partial charge in [0.1, 0.15) is 0 Å². The fourth-order valence-corrected chi connectivity index (χ4v) is 3.37. The summed E-state index contributed by atoms with van der Waals surface area (Å²) in [6.07, 6.45) is -0.0122. The highest BCUT2D eigenvalue weighted by atomic mass is 28.4. The van der Waals surface area contributed by atoms with Gasteiger partial charge in [-0.2, -0.15) is 0 Å². The summed E-state index contributed by atoms with van der Waals surface area (Å²) in [5.41, 5.74) is -0.245. The lowest BCUT2D eigenvalue weighted by molar-refractivity contribution is -0.137. The molecule has 0 saturated carbocycles. The van der Waals surface area contributed by atoms with Gasteiger partial charge in [-0.05, 0) is 0 Å². The molecule has 0 spiro atoms. The molecule has 13 heavy (non-hydrogen) atoms. The fraction of sp³-hybridized carbons (Fsp3) is 0.857. The Kier molecular flexibility index (Phi) is 5.15. The van der Waals surface area contributed by atoms with E-state index >= 15 is 0 Å². The van der Waals surface area contributed by atoms with Crippen molar-refractivity contribution in [1.82, 2.24) is 0 Å². The summed E-state index contributed by atoms with van der Waals surface area (Å²) in [6.45, 7) is 1.75. The van der Waals surface area contributed by atoms with Crippen LogP contribution in [0.25, 0.3) is 0 Å². The van der Waals surface area contributed by atoms with Crippen LogP contribution in [-0.2, 0) is 18.1 Å². The van der Waals surface area contributed by atoms with Crippen LogP contribution in [0.3, 0.4) is 0 Å². The molecular formula is C7H16O5Si. The molecule has 0 rings (SSSR count). The predicted octanol–water partition coefficient (Wildman–Crippen LogP) is 0.729. The summed E-state index contributed by atoms with van der Waals surface area (Å²) >= 11 is 0. The molecule has 5 nitrogen and oxygen atoms in total. The Balaban J connectivity index is 4.43. The van der Waals surface area contributed by atoms with Crippen molar-refractivity contribution in [2.75, 3.05) is 21.3 Å². The lowest BCUT2D eigenvalue weighted by Crippen LogP contribution is -2.47. The van der Waals surface area contributed by atoms with Gasteiger partial charge in [0.25, 0.3) is 0 Å². The molecule has 0 aliphatic rings. The van der Waals surface area contributed by atoms with Gasteiger partial charge in [-0.1, -0.05) is 6.92 Å². The van der Waals surface area contributed by atoms with E-state index in [9.17, 15) is 4.79 Å². The van der Waals surface area contributed by atoms with Crippen LogP contribution in [0, 0.1) is 0 Å². The fourth-order valence-electron chi connectivity index (χ4n) is 1.24. The van der Waals surface area contributed by atoms with Gasteiger partial charge in [-0.25, -0.2) is 0 Å². The van der Waals surface area contributed by atoms with Crippen molar-refractivity contribution in [3.63, 3.8) is 0 Å². The number of aliphatic carboxylic acids is 1. The van der Waals surface area contributed by atoms with Crippen LogP contribution < -0.4 is 0 Å². The molecular weight excluding hydrogens is 192 g/mol. The van der Waals surface area contributed by atoms with Crippen LogP contribution in [0.15, 0.2) is 0 Å². The molecule has 0 aromatic rings. The smallest absolute Gasteiger partial charge is 0.481 e. The predicted molar refractivity (Wildman–Crippen MR) is 48.5 cm³/mol. The van der Waals surface area contributed by atoms with Gasteiger partial charge in [-0.15, -0.1) is 0 Å². The lowest BCUT2D eigenvalue weighted by Gasteiger charge is -2.29. The van der Waals surface area contributed by atoms with Gasteiger partial charge >= 0.3 is 14.8 Å². The topological polar surface area (TPSA) is 65.0 Å². The van der Waals surface area contributed by atoms with E-state index in [1.54, 1.807) is 6.92 Å². The molecule has 78 valence electrons. The highest BCUT2D eigenvalue weighted by molar-refractivity contribution is 6.62. The maximum absolute atomic E-state index is 10.5. The second kappa shape index (κ2) is 5.33. The molecule has 0 radical (unpaired) electrons. The van der Waals surface area contributed by atoms with Gasteiger partial charge in [0.15, 0.2) is 0 Å². The monoisotopic (exact) mass is 208 g/mol. The lowest BCUT2D eigenvalue weighted by atomic mass is 10.3. The Morgan fingerprint density at radius 3 is 1.92 bits per heavy atom. The van der Waals surface area contributed by atoms with E-state index in [-0.39, 0.29) is 12.0 Å². The number of hydrogen-bond acceptors (Lipinski definition) is 4. The van der Waals surface area contributed by atoms with Crippen molar-refractivity contribution in [3.8, 4) is 0 Å². The highest BCUT2D eigenvalue weighted by Crippen LogP contribution is 2.26. The Morgan fingerprint density at radius 1 is 1.31 bits per heavy atom. The van der Waals surface area contributed by atoms with Crippen molar-refractivity contribution in [3.05, 3.63) is 0 Å². The van der Waals surface area contributed by atoms with E-state index in [2.05, 4.69) is 0 Å². The van der Waals surface area contributed by atoms with Crippen LogP contribution in [0.5, 0.6) is 0 Å². The largest absolute Gasteiger partial charge is 0.503 e. The van der Waals surface area contributed by atoms with Crippen LogP contribution >= 0.6 is 0 Å². The number of carboxylic acid groups (broad SMARTS) is 1. The first-order valence-electron chi connectivity index (χ1n) is 3.89. The molecule has 0 amide bonds. The third-order valence-electron chi connectivity index (χ3n) is 1.94. The average Bonchev–Trinajstić information content (AvgIpc) is 2.07. The number of hydrogen-bond donors (Lipinski definition) is 1. The third-order valence-corrected chi connectivity index (χ3v) is 5.06. The van der Waals surface area contributed by atoms with E-state index in [0.29, 0.717) is 0 Å². The zero-order valence-corrected chi connectivity index (χ0v) is 9.36. The summed E-state index contributed by atoms with van der Waals surface area (Å²) in [6, 6.07) is 0. The number of rotatable bonds is 6. The molecule has 0 heterocycles. The van der Waals surface area contributed by atoms with E-state index in [1.807, 2.05) is 0 Å². The first-order valence-corrected chi connectivity index (χ1v) is 5.69. The summed E-state index contributed by atoms with van der Waals surface area (Å²) in [5, 5.41) is 8.59. The van der Waals surface area contributed by atoms with Gasteiger partial charge in [0.2, 0.25) is 0 Å². The molecule has 1 atom stereocenters. The van der Waals surface area contributed by atoms with E-state index < -0.39 is 14.8 Å². The molecule has 0 aromatic carbocycles. The van der Waals surface area contributed by atoms with Crippen LogP contribution in [0.1, 0.15) is 13.3 Å². The zero-order chi connectivity index (χ0) is 10.5. The number of carbonyl (C=O) groups is 1. The van der Waals surface area contributed by atoms with Crippen molar-refractivity contribution >= 4 is 14.8 Å². The second-order valence-electron chi connectivity index (χ2n) is 2.71. The maximum Gasteiger partial charge on any atom is 0.503 e. The van der Waals surface area contributed by atoms with E-state index in [0.717, 1.165) is 0 Å². The van der Waals surface area contributed by atoms with Gasteiger partial charge in [0.05, 0.1) is 6.42 Å². The summed E-state index contributed by atoms with van der Waals surface area (Å²) in [7, 11) is 1.65. The number of carboxylic acids is 1. The minimum atomic E-state index is -2.76. The van der Waals surface area contributed by atoms with Crippen molar-refractivity contribution in [2.24, 2.45) is 0 Å². The normalized spacial score (nSPS) is 14.2. The Morgan fingerprint density at radius 2 is 1.69 bits per heavy atom. The minimum Gasteiger partial charge on any atom is -0.481 e. The molecule has 0 saturated heterocycles. The summed E-state index contributed by atoms with van der Waals surface area (Å²) in [4.78, 5) is 10.5. The van der Waals surface area contributed by atoms with Crippen molar-refractivity contribution in [2.45, 2.75) is 18.9 Å². The standard InChI is InChI=1S/C7H16O5Si/c1-6(5-7(8)9)13(10-2,11-3)12-4/h6H,5H2,1-4H3,(H,8,9). The van der Waals surface area contributed by atoms with Crippen LogP contribution in [-0.4, -0.2) is 41.2 Å². The molecule has 6 heteroatoms. The third kappa shape index (κ3) is 3.07. The Labute approximate surface area is 79.0 Å². The first-order chi connectivity index (χ1) is 6.02. The average molecular weight is 208 g/mol. The highest BCUT2D eigenvalue weighted by Gasteiger charge is 2.45. The molecule has 0 aliphatic carbocycles. The minimum absolute atomic E-state index is 0.0122. The maximum atomic E-state index is 10.5. The quantitative estimate of drug-likeness (QED) is 0.652. The molecule has 0 bridgehead atoms.